The first-order valence-electron chi connectivity index (χ1n) is 6.46. The quantitative estimate of drug-likeness (QED) is 0.854. The monoisotopic (exact) mass is 277 g/mol. The molecule has 0 saturated carbocycles. The minimum absolute atomic E-state index is 0.0214. The molecule has 0 radical (unpaired) electrons. The zero-order valence-corrected chi connectivity index (χ0v) is 11.2. The van der Waals surface area contributed by atoms with Gasteiger partial charge in [-0.1, -0.05) is 36.4 Å². The third kappa shape index (κ3) is 3.54. The van der Waals surface area contributed by atoms with Crippen LogP contribution in [0.1, 0.15) is 36.1 Å². The predicted octanol–water partition coefficient (Wildman–Crippen LogP) is 4.29. The third-order valence-corrected chi connectivity index (χ3v) is 3.10. The van der Waals surface area contributed by atoms with Gasteiger partial charge in [-0.05, 0) is 24.6 Å². The summed E-state index contributed by atoms with van der Waals surface area (Å²) in [5.74, 6) is 0. The van der Waals surface area contributed by atoms with E-state index in [0.29, 0.717) is 6.54 Å². The number of hydrogen-bond acceptors (Lipinski definition) is 2. The van der Waals surface area contributed by atoms with Gasteiger partial charge in [0.25, 0.3) is 6.43 Å². The fourth-order valence-corrected chi connectivity index (χ4v) is 2.06. The first-order valence-corrected chi connectivity index (χ1v) is 6.46. The highest BCUT2D eigenvalue weighted by Crippen LogP contribution is 2.24. The summed E-state index contributed by atoms with van der Waals surface area (Å²) in [5.41, 5.74) is 2.40. The maximum atomic E-state index is 12.6. The van der Waals surface area contributed by atoms with Gasteiger partial charge in [-0.3, -0.25) is 0 Å². The Kier molecular flexibility index (Phi) is 4.69. The summed E-state index contributed by atoms with van der Waals surface area (Å²) in [6, 6.07) is 13.7. The van der Waals surface area contributed by atoms with Crippen LogP contribution in [-0.2, 0) is 6.54 Å². The van der Waals surface area contributed by atoms with Gasteiger partial charge in [0.05, 0.1) is 6.10 Å². The molecule has 0 heterocycles. The Morgan fingerprint density at radius 3 is 2.55 bits per heavy atom. The van der Waals surface area contributed by atoms with Crippen molar-refractivity contribution >= 4 is 5.69 Å². The predicted molar refractivity (Wildman–Crippen MR) is 75.8 cm³/mol. The SMILES string of the molecule is CC(O)c1ccccc1NCc1cccc(C(F)F)c1. The van der Waals surface area contributed by atoms with Gasteiger partial charge >= 0.3 is 0 Å². The van der Waals surface area contributed by atoms with E-state index in [0.717, 1.165) is 16.8 Å². The number of halogens is 2. The van der Waals surface area contributed by atoms with Gasteiger partial charge in [-0.25, -0.2) is 8.78 Å². The molecule has 2 aromatic rings. The highest BCUT2D eigenvalue weighted by molar-refractivity contribution is 5.52. The van der Waals surface area contributed by atoms with Crippen molar-refractivity contribution < 1.29 is 13.9 Å². The number of benzene rings is 2. The van der Waals surface area contributed by atoms with Crippen molar-refractivity contribution in [1.82, 2.24) is 0 Å². The fraction of sp³-hybridized carbons (Fsp3) is 0.250. The molecule has 0 saturated heterocycles. The summed E-state index contributed by atoms with van der Waals surface area (Å²) in [6.45, 7) is 2.13. The van der Waals surface area contributed by atoms with Crippen LogP contribution in [0.3, 0.4) is 0 Å². The Balaban J connectivity index is 2.11. The first-order chi connectivity index (χ1) is 9.58. The highest BCUT2D eigenvalue weighted by atomic mass is 19.3. The van der Waals surface area contributed by atoms with Crippen LogP contribution in [0.2, 0.25) is 0 Å². The average Bonchev–Trinajstić information content (AvgIpc) is 2.45. The molecule has 4 heteroatoms. The summed E-state index contributed by atoms with van der Waals surface area (Å²) in [4.78, 5) is 0. The molecule has 2 nitrogen and oxygen atoms in total. The topological polar surface area (TPSA) is 32.3 Å². The highest BCUT2D eigenvalue weighted by Gasteiger charge is 2.09. The number of aliphatic hydroxyl groups is 1. The van der Waals surface area contributed by atoms with Crippen molar-refractivity contribution in [3.63, 3.8) is 0 Å². The lowest BCUT2D eigenvalue weighted by atomic mass is 10.1. The molecule has 2 aromatic carbocycles. The Morgan fingerprint density at radius 1 is 1.10 bits per heavy atom. The van der Waals surface area contributed by atoms with Gasteiger partial charge in [0.2, 0.25) is 0 Å². The lowest BCUT2D eigenvalue weighted by Crippen LogP contribution is -2.04. The lowest BCUT2D eigenvalue weighted by Gasteiger charge is -2.14. The van der Waals surface area contributed by atoms with E-state index >= 15 is 0 Å². The molecule has 0 bridgehead atoms. The molecule has 0 fully saturated rings. The maximum Gasteiger partial charge on any atom is 0.263 e. The van der Waals surface area contributed by atoms with Crippen molar-refractivity contribution in [2.24, 2.45) is 0 Å². The first kappa shape index (κ1) is 14.5. The van der Waals surface area contributed by atoms with E-state index in [1.807, 2.05) is 24.3 Å². The number of para-hydroxylation sites is 1. The fourth-order valence-electron chi connectivity index (χ4n) is 2.06. The number of alkyl halides is 2. The molecule has 106 valence electrons. The van der Waals surface area contributed by atoms with Crippen molar-refractivity contribution in [2.75, 3.05) is 5.32 Å². The second-order valence-electron chi connectivity index (χ2n) is 4.66. The van der Waals surface area contributed by atoms with Crippen LogP contribution in [0.4, 0.5) is 14.5 Å². The normalized spacial score (nSPS) is 12.4. The number of nitrogens with one attached hydrogen (secondary N) is 1. The van der Waals surface area contributed by atoms with Crippen LogP contribution in [0.15, 0.2) is 48.5 Å². The van der Waals surface area contributed by atoms with Crippen LogP contribution in [0.5, 0.6) is 0 Å². The number of aliphatic hydroxyl groups excluding tert-OH is 1. The Labute approximate surface area is 117 Å². The summed E-state index contributed by atoms with van der Waals surface area (Å²) < 4.78 is 25.3. The number of rotatable bonds is 5. The Hall–Kier alpha value is -1.94. The van der Waals surface area contributed by atoms with E-state index in [4.69, 9.17) is 0 Å². The van der Waals surface area contributed by atoms with E-state index in [2.05, 4.69) is 5.32 Å². The lowest BCUT2D eigenvalue weighted by molar-refractivity contribution is 0.151. The van der Waals surface area contributed by atoms with Crippen molar-refractivity contribution in [2.45, 2.75) is 26.0 Å². The minimum Gasteiger partial charge on any atom is -0.389 e. The summed E-state index contributed by atoms with van der Waals surface area (Å²) >= 11 is 0. The zero-order valence-electron chi connectivity index (χ0n) is 11.2. The Bertz CT molecular complexity index is 570. The smallest absolute Gasteiger partial charge is 0.263 e. The molecule has 0 amide bonds. The number of hydrogen-bond donors (Lipinski definition) is 2. The Morgan fingerprint density at radius 2 is 1.85 bits per heavy atom. The molecule has 20 heavy (non-hydrogen) atoms. The molecule has 0 spiro atoms. The number of anilines is 1. The molecule has 0 aliphatic heterocycles. The van der Waals surface area contributed by atoms with Gasteiger partial charge < -0.3 is 10.4 Å². The second kappa shape index (κ2) is 6.48. The molecule has 1 atom stereocenters. The molecular formula is C16H17F2NO. The van der Waals surface area contributed by atoms with Crippen LogP contribution in [-0.4, -0.2) is 5.11 Å². The molecule has 1 unspecified atom stereocenters. The van der Waals surface area contributed by atoms with E-state index in [1.54, 1.807) is 19.1 Å². The maximum absolute atomic E-state index is 12.6. The summed E-state index contributed by atoms with van der Waals surface area (Å²) in [7, 11) is 0. The van der Waals surface area contributed by atoms with Crippen LogP contribution >= 0.6 is 0 Å². The van der Waals surface area contributed by atoms with Gasteiger partial charge in [-0.2, -0.15) is 0 Å². The van der Waals surface area contributed by atoms with E-state index in [9.17, 15) is 13.9 Å². The molecule has 0 aliphatic carbocycles. The van der Waals surface area contributed by atoms with Gasteiger partial charge in [0.15, 0.2) is 0 Å². The summed E-state index contributed by atoms with van der Waals surface area (Å²) in [6.07, 6.45) is -3.04. The van der Waals surface area contributed by atoms with E-state index < -0.39 is 12.5 Å². The van der Waals surface area contributed by atoms with E-state index in [1.165, 1.54) is 12.1 Å². The standard InChI is InChI=1S/C16H17F2NO/c1-11(20)14-7-2-3-8-15(14)19-10-12-5-4-6-13(9-12)16(17)18/h2-9,11,16,19-20H,10H2,1H3. The largest absolute Gasteiger partial charge is 0.389 e. The van der Waals surface area contributed by atoms with Gasteiger partial charge in [-0.15, -0.1) is 0 Å². The molecule has 2 rings (SSSR count). The molecule has 2 N–H and O–H groups in total. The summed E-state index contributed by atoms with van der Waals surface area (Å²) in [5, 5.41) is 12.9. The van der Waals surface area contributed by atoms with Crippen molar-refractivity contribution in [1.29, 1.82) is 0 Å². The molecule has 0 aliphatic rings. The zero-order chi connectivity index (χ0) is 14.5. The van der Waals surface area contributed by atoms with Crippen molar-refractivity contribution in [3.05, 3.63) is 65.2 Å². The molecular weight excluding hydrogens is 260 g/mol. The van der Waals surface area contributed by atoms with E-state index in [-0.39, 0.29) is 5.56 Å². The van der Waals surface area contributed by atoms with Gasteiger partial charge in [0.1, 0.15) is 0 Å². The molecule has 0 aromatic heterocycles. The second-order valence-corrected chi connectivity index (χ2v) is 4.66. The average molecular weight is 277 g/mol. The van der Waals surface area contributed by atoms with Crippen LogP contribution < -0.4 is 5.32 Å². The minimum atomic E-state index is -2.46. The van der Waals surface area contributed by atoms with Gasteiger partial charge in [0, 0.05) is 23.4 Å². The van der Waals surface area contributed by atoms with Crippen molar-refractivity contribution in [3.8, 4) is 0 Å². The third-order valence-electron chi connectivity index (χ3n) is 3.10. The van der Waals surface area contributed by atoms with Crippen LogP contribution in [0.25, 0.3) is 0 Å². The van der Waals surface area contributed by atoms with Crippen LogP contribution in [0, 0.1) is 0 Å².